The molecule has 1 aromatic carbocycles. The zero-order valence-corrected chi connectivity index (χ0v) is 20.3. The van der Waals surface area contributed by atoms with E-state index >= 15 is 0 Å². The number of hydrogen-bond acceptors (Lipinski definition) is 4. The molecule has 0 radical (unpaired) electrons. The molecule has 1 fully saturated rings. The van der Waals surface area contributed by atoms with Crippen LogP contribution in [-0.4, -0.2) is 83.7 Å². The smallest absolute Gasteiger partial charge is 0.407 e. The molecule has 32 heavy (non-hydrogen) atoms. The lowest BCUT2D eigenvalue weighted by molar-refractivity contribution is -0.136. The summed E-state index contributed by atoms with van der Waals surface area (Å²) in [6.45, 7) is 11.0. The summed E-state index contributed by atoms with van der Waals surface area (Å²) in [4.78, 5) is 30.9. The summed E-state index contributed by atoms with van der Waals surface area (Å²) >= 11 is 0. The first-order valence-corrected chi connectivity index (χ1v) is 11.8. The highest BCUT2D eigenvalue weighted by atomic mass is 16.5. The van der Waals surface area contributed by atoms with Crippen LogP contribution in [-0.2, 0) is 17.6 Å². The molecule has 0 aromatic heterocycles. The van der Waals surface area contributed by atoms with Gasteiger partial charge in [0.05, 0.1) is 19.7 Å². The zero-order valence-electron chi connectivity index (χ0n) is 20.3. The van der Waals surface area contributed by atoms with Gasteiger partial charge in [-0.2, -0.15) is 0 Å². The molecule has 3 rings (SSSR count). The van der Waals surface area contributed by atoms with E-state index in [-0.39, 0.29) is 23.4 Å². The number of nitrogens with zero attached hydrogens (tertiary/aromatic N) is 3. The molecule has 2 unspecified atom stereocenters. The number of benzene rings is 1. The maximum atomic E-state index is 13.4. The lowest BCUT2D eigenvalue weighted by atomic mass is 9.84. The van der Waals surface area contributed by atoms with Gasteiger partial charge in [0.2, 0.25) is 5.91 Å². The van der Waals surface area contributed by atoms with Crippen LogP contribution < -0.4 is 4.74 Å². The molecule has 1 heterocycles. The fraction of sp³-hybridized carbons (Fsp3) is 0.680. The summed E-state index contributed by atoms with van der Waals surface area (Å²) in [5.74, 6) is 1.02. The molecule has 2 amide bonds. The van der Waals surface area contributed by atoms with Crippen LogP contribution in [0.15, 0.2) is 18.2 Å². The standard InChI is InChI=1S/C25H39N3O4/c1-6-11-27(20-9-7-18-8-10-21(32-5)15-19(18)14-20)23(29)17-26-12-13-28(24(30)31)22(16-26)25(2,3)4/h8,10,15,20,22H,6-7,9,11-14,16-17H2,1-5H3,(H,30,31). The average Bonchev–Trinajstić information content (AvgIpc) is 2.75. The predicted molar refractivity (Wildman–Crippen MR) is 125 cm³/mol. The maximum Gasteiger partial charge on any atom is 0.407 e. The first-order valence-electron chi connectivity index (χ1n) is 11.8. The van der Waals surface area contributed by atoms with Crippen LogP contribution in [0, 0.1) is 5.41 Å². The van der Waals surface area contributed by atoms with Gasteiger partial charge in [-0.05, 0) is 54.4 Å². The molecule has 0 saturated carbocycles. The number of aryl methyl sites for hydroxylation is 1. The molecule has 2 atom stereocenters. The van der Waals surface area contributed by atoms with Gasteiger partial charge >= 0.3 is 6.09 Å². The predicted octanol–water partition coefficient (Wildman–Crippen LogP) is 3.50. The van der Waals surface area contributed by atoms with E-state index < -0.39 is 6.09 Å². The maximum absolute atomic E-state index is 13.4. The number of ether oxygens (including phenoxy) is 1. The summed E-state index contributed by atoms with van der Waals surface area (Å²) < 4.78 is 5.40. The highest BCUT2D eigenvalue weighted by Crippen LogP contribution is 2.30. The molecular formula is C25H39N3O4. The number of piperazine rings is 1. The Kier molecular flexibility index (Phi) is 7.70. The Morgan fingerprint density at radius 3 is 2.59 bits per heavy atom. The normalized spacial score (nSPS) is 21.7. The number of fused-ring (bicyclic) bond motifs is 1. The second-order valence-corrected chi connectivity index (χ2v) is 10.2. The summed E-state index contributed by atoms with van der Waals surface area (Å²) in [5, 5.41) is 9.61. The van der Waals surface area contributed by atoms with Crippen LogP contribution in [0.2, 0.25) is 0 Å². The molecule has 2 aliphatic rings. The number of carbonyl (C=O) groups excluding carboxylic acids is 1. The lowest BCUT2D eigenvalue weighted by Crippen LogP contribution is -2.61. The second-order valence-electron chi connectivity index (χ2n) is 10.2. The zero-order chi connectivity index (χ0) is 23.5. The minimum Gasteiger partial charge on any atom is -0.497 e. The third-order valence-corrected chi connectivity index (χ3v) is 6.91. The van der Waals surface area contributed by atoms with Crippen LogP contribution >= 0.6 is 0 Å². The Labute approximate surface area is 192 Å². The molecule has 0 spiro atoms. The van der Waals surface area contributed by atoms with Crippen LogP contribution in [0.25, 0.3) is 0 Å². The molecular weight excluding hydrogens is 406 g/mol. The summed E-state index contributed by atoms with van der Waals surface area (Å²) in [6.07, 6.45) is 2.85. The van der Waals surface area contributed by atoms with Crippen LogP contribution in [0.1, 0.15) is 51.7 Å². The SMILES string of the molecule is CCCN(C(=O)CN1CCN(C(=O)O)C(C(C)(C)C)C1)C1CCc2ccc(OC)cc2C1. The highest BCUT2D eigenvalue weighted by molar-refractivity contribution is 5.79. The largest absolute Gasteiger partial charge is 0.497 e. The molecule has 178 valence electrons. The van der Waals surface area contributed by atoms with E-state index in [1.54, 1.807) is 7.11 Å². The van der Waals surface area contributed by atoms with Crippen molar-refractivity contribution in [1.82, 2.24) is 14.7 Å². The van der Waals surface area contributed by atoms with Crippen molar-refractivity contribution in [2.75, 3.05) is 39.8 Å². The van der Waals surface area contributed by atoms with Gasteiger partial charge in [-0.1, -0.05) is 33.8 Å². The average molecular weight is 446 g/mol. The third-order valence-electron chi connectivity index (χ3n) is 6.91. The van der Waals surface area contributed by atoms with E-state index in [4.69, 9.17) is 4.74 Å². The molecule has 1 N–H and O–H groups in total. The van der Waals surface area contributed by atoms with Crippen molar-refractivity contribution in [3.63, 3.8) is 0 Å². The Balaban J connectivity index is 1.69. The van der Waals surface area contributed by atoms with Crippen molar-refractivity contribution in [3.8, 4) is 5.75 Å². The molecule has 7 nitrogen and oxygen atoms in total. The number of methoxy groups -OCH3 is 1. The fourth-order valence-corrected chi connectivity index (χ4v) is 5.09. The van der Waals surface area contributed by atoms with Gasteiger partial charge < -0.3 is 19.6 Å². The third kappa shape index (κ3) is 5.55. The Hall–Kier alpha value is -2.28. The van der Waals surface area contributed by atoms with Crippen molar-refractivity contribution < 1.29 is 19.4 Å². The van der Waals surface area contributed by atoms with Crippen molar-refractivity contribution >= 4 is 12.0 Å². The van der Waals surface area contributed by atoms with Gasteiger partial charge in [-0.25, -0.2) is 4.79 Å². The molecule has 1 aliphatic carbocycles. The van der Waals surface area contributed by atoms with E-state index in [0.717, 1.165) is 38.0 Å². The van der Waals surface area contributed by atoms with Crippen molar-refractivity contribution in [1.29, 1.82) is 0 Å². The summed E-state index contributed by atoms with van der Waals surface area (Å²) in [6, 6.07) is 6.33. The van der Waals surface area contributed by atoms with E-state index in [2.05, 4.69) is 49.6 Å². The van der Waals surface area contributed by atoms with Crippen LogP contribution in [0.3, 0.4) is 0 Å². The summed E-state index contributed by atoms with van der Waals surface area (Å²) in [5.41, 5.74) is 2.44. The highest BCUT2D eigenvalue weighted by Gasteiger charge is 2.39. The molecule has 0 bridgehead atoms. The van der Waals surface area contributed by atoms with Crippen molar-refractivity contribution in [2.45, 2.75) is 65.5 Å². The number of amides is 2. The first-order chi connectivity index (χ1) is 15.1. The van der Waals surface area contributed by atoms with Gasteiger partial charge in [0, 0.05) is 32.2 Å². The van der Waals surface area contributed by atoms with E-state index in [9.17, 15) is 14.7 Å². The number of carbonyl (C=O) groups is 2. The molecule has 7 heteroatoms. The first kappa shape index (κ1) is 24.4. The number of carboxylic acid groups (broad SMARTS) is 1. The Morgan fingerprint density at radius 2 is 1.97 bits per heavy atom. The Bertz CT molecular complexity index is 820. The topological polar surface area (TPSA) is 73.3 Å². The minimum atomic E-state index is -0.875. The van der Waals surface area contributed by atoms with Gasteiger partial charge in [-0.3, -0.25) is 9.69 Å². The van der Waals surface area contributed by atoms with Crippen LogP contribution in [0.5, 0.6) is 5.75 Å². The molecule has 1 saturated heterocycles. The van der Waals surface area contributed by atoms with Gasteiger partial charge in [0.25, 0.3) is 0 Å². The van der Waals surface area contributed by atoms with Crippen LogP contribution in [0.4, 0.5) is 4.79 Å². The number of rotatable bonds is 6. The fourth-order valence-electron chi connectivity index (χ4n) is 5.09. The van der Waals surface area contributed by atoms with Crippen molar-refractivity contribution in [2.24, 2.45) is 5.41 Å². The molecule has 1 aliphatic heterocycles. The lowest BCUT2D eigenvalue weighted by Gasteiger charge is -2.46. The van der Waals surface area contributed by atoms with E-state index in [1.807, 2.05) is 6.07 Å². The van der Waals surface area contributed by atoms with Gasteiger partial charge in [-0.15, -0.1) is 0 Å². The summed E-state index contributed by atoms with van der Waals surface area (Å²) in [7, 11) is 1.68. The monoisotopic (exact) mass is 445 g/mol. The van der Waals surface area contributed by atoms with Gasteiger partial charge in [0.15, 0.2) is 0 Å². The quantitative estimate of drug-likeness (QED) is 0.726. The molecule has 1 aromatic rings. The van der Waals surface area contributed by atoms with E-state index in [1.165, 1.54) is 16.0 Å². The van der Waals surface area contributed by atoms with Gasteiger partial charge in [0.1, 0.15) is 5.75 Å². The van der Waals surface area contributed by atoms with E-state index in [0.29, 0.717) is 26.2 Å². The second kappa shape index (κ2) is 10.1. The minimum absolute atomic E-state index is 0.129. The number of hydrogen-bond donors (Lipinski definition) is 1. The Morgan fingerprint density at radius 1 is 1.22 bits per heavy atom. The van der Waals surface area contributed by atoms with Crippen molar-refractivity contribution in [3.05, 3.63) is 29.3 Å².